The molecular weight excluding hydrogens is 781 g/mol. The molecule has 0 saturated heterocycles. The average molecular weight is 823 g/mol. The normalized spacial score (nSPS) is 14.1. The van der Waals surface area contributed by atoms with Crippen molar-refractivity contribution in [3.05, 3.63) is 248 Å². The predicted molar refractivity (Wildman–Crippen MR) is 269 cm³/mol. The Kier molecular flexibility index (Phi) is 9.20. The van der Waals surface area contributed by atoms with Gasteiger partial charge in [0.05, 0.1) is 0 Å². The van der Waals surface area contributed by atoms with Crippen LogP contribution >= 0.6 is 11.3 Å². The molecule has 1 aliphatic heterocycles. The number of fused-ring (bicyclic) bond motifs is 6. The first-order chi connectivity index (χ1) is 31.2. The second-order valence-corrected chi connectivity index (χ2v) is 17.5. The number of nitrogens with zero attached hydrogens (tertiary/aromatic N) is 2. The van der Waals surface area contributed by atoms with Crippen molar-refractivity contribution >= 4 is 59.9 Å². The van der Waals surface area contributed by atoms with Crippen LogP contribution in [-0.2, 0) is 0 Å². The van der Waals surface area contributed by atoms with E-state index in [-0.39, 0.29) is 0 Å². The summed E-state index contributed by atoms with van der Waals surface area (Å²) in [6.07, 6.45) is 7.85. The topological polar surface area (TPSA) is 6.48 Å². The number of benzene rings is 9. The van der Waals surface area contributed by atoms with E-state index in [1.165, 1.54) is 87.3 Å². The molecule has 2 nitrogen and oxygen atoms in total. The van der Waals surface area contributed by atoms with Crippen LogP contribution < -0.4 is 9.80 Å². The van der Waals surface area contributed by atoms with Crippen LogP contribution in [0.1, 0.15) is 17.9 Å². The van der Waals surface area contributed by atoms with Crippen LogP contribution in [-0.4, -0.2) is 0 Å². The molecule has 9 aromatic carbocycles. The highest BCUT2D eigenvalue weighted by Gasteiger charge is 2.35. The zero-order chi connectivity index (χ0) is 41.7. The van der Waals surface area contributed by atoms with Gasteiger partial charge in [0, 0.05) is 60.2 Å². The summed E-state index contributed by atoms with van der Waals surface area (Å²) in [5.41, 5.74) is 18.3. The minimum Gasteiger partial charge on any atom is -0.313 e. The first kappa shape index (κ1) is 37.1. The molecule has 3 heteroatoms. The number of allylic oxidation sites excluding steroid dienone is 4. The molecule has 10 aromatic rings. The Hall–Kier alpha value is -7.72. The molecule has 0 spiro atoms. The number of rotatable bonds is 8. The standard InChI is InChI=1S/C60H42N2S/c1-3-14-41(15-4-1)42-26-28-43(29-27-42)45-16-13-19-49(38-45)61(47-17-5-2-6-18-47)48-33-30-44(31-34-48)51-20-7-8-21-52(51)46-32-36-58-55(39-46)53-22-9-11-24-57(53)62(58)50-35-37-60-56(40-50)54-23-10-12-25-59(54)63-60/h1-21,23-40,53H,22H2. The molecule has 0 amide bonds. The van der Waals surface area contributed by atoms with Gasteiger partial charge in [-0.2, -0.15) is 0 Å². The van der Waals surface area contributed by atoms with Crippen LogP contribution in [0.3, 0.4) is 0 Å². The van der Waals surface area contributed by atoms with E-state index in [1.54, 1.807) is 0 Å². The van der Waals surface area contributed by atoms with Crippen molar-refractivity contribution in [3.8, 4) is 44.5 Å². The quantitative estimate of drug-likeness (QED) is 0.151. The van der Waals surface area contributed by atoms with Gasteiger partial charge in [0.1, 0.15) is 0 Å². The number of anilines is 5. The Labute approximate surface area is 372 Å². The summed E-state index contributed by atoms with van der Waals surface area (Å²) in [5.74, 6) is 0.308. The summed E-state index contributed by atoms with van der Waals surface area (Å²) in [5, 5.41) is 2.66. The minimum absolute atomic E-state index is 0.308. The fraction of sp³-hybridized carbons (Fsp3) is 0.0333. The van der Waals surface area contributed by atoms with Gasteiger partial charge in [-0.25, -0.2) is 0 Å². The molecule has 63 heavy (non-hydrogen) atoms. The number of hydrogen-bond acceptors (Lipinski definition) is 3. The van der Waals surface area contributed by atoms with Gasteiger partial charge in [-0.1, -0.05) is 158 Å². The predicted octanol–water partition coefficient (Wildman–Crippen LogP) is 17.3. The lowest BCUT2D eigenvalue weighted by molar-refractivity contribution is 0.820. The van der Waals surface area contributed by atoms with E-state index >= 15 is 0 Å². The van der Waals surface area contributed by atoms with Gasteiger partial charge in [0.2, 0.25) is 0 Å². The molecule has 0 radical (unpaired) electrons. The van der Waals surface area contributed by atoms with Gasteiger partial charge < -0.3 is 9.80 Å². The molecular formula is C60H42N2S. The van der Waals surface area contributed by atoms with Crippen molar-refractivity contribution in [1.29, 1.82) is 0 Å². The summed E-state index contributed by atoms with van der Waals surface area (Å²) in [4.78, 5) is 4.85. The lowest BCUT2D eigenvalue weighted by atomic mass is 9.88. The zero-order valence-corrected chi connectivity index (χ0v) is 35.4. The molecule has 298 valence electrons. The molecule has 2 heterocycles. The molecule has 0 saturated carbocycles. The molecule has 1 aromatic heterocycles. The molecule has 1 aliphatic carbocycles. The summed E-state index contributed by atoms with van der Waals surface area (Å²) in [7, 11) is 0. The van der Waals surface area contributed by atoms with E-state index in [2.05, 4.69) is 246 Å². The van der Waals surface area contributed by atoms with Gasteiger partial charge >= 0.3 is 0 Å². The third-order valence-electron chi connectivity index (χ3n) is 12.8. The van der Waals surface area contributed by atoms with E-state index in [0.29, 0.717) is 5.92 Å². The molecule has 12 rings (SSSR count). The van der Waals surface area contributed by atoms with Crippen LogP contribution in [0, 0.1) is 0 Å². The summed E-state index contributed by atoms with van der Waals surface area (Å²) in [6.45, 7) is 0. The highest BCUT2D eigenvalue weighted by Crippen LogP contribution is 2.53. The monoisotopic (exact) mass is 822 g/mol. The van der Waals surface area contributed by atoms with E-state index in [1.807, 2.05) is 11.3 Å². The third-order valence-corrected chi connectivity index (χ3v) is 13.9. The highest BCUT2D eigenvalue weighted by atomic mass is 32.1. The average Bonchev–Trinajstić information content (AvgIpc) is 3.90. The van der Waals surface area contributed by atoms with E-state index < -0.39 is 0 Å². The maximum atomic E-state index is 2.50. The van der Waals surface area contributed by atoms with Gasteiger partial charge in [-0.3, -0.25) is 0 Å². The van der Waals surface area contributed by atoms with Crippen molar-refractivity contribution < 1.29 is 0 Å². The van der Waals surface area contributed by atoms with Crippen molar-refractivity contribution in [3.63, 3.8) is 0 Å². The van der Waals surface area contributed by atoms with Crippen molar-refractivity contribution in [2.45, 2.75) is 12.3 Å². The van der Waals surface area contributed by atoms with E-state index in [9.17, 15) is 0 Å². The lowest BCUT2D eigenvalue weighted by Gasteiger charge is -2.26. The SMILES string of the molecule is C1=CCC2C(=C1)N(c1ccc3sc4ccccc4c3c1)c1ccc(-c3ccccc3-c3ccc(N(c4ccccc4)c4cccc(-c5ccc(-c6ccccc6)cc5)c4)cc3)cc12. The number of thiophene rings is 1. The molecule has 0 bridgehead atoms. The maximum absolute atomic E-state index is 2.50. The van der Waals surface area contributed by atoms with E-state index in [4.69, 9.17) is 0 Å². The van der Waals surface area contributed by atoms with E-state index in [0.717, 1.165) is 23.5 Å². The molecule has 0 N–H and O–H groups in total. The Bertz CT molecular complexity index is 3360. The van der Waals surface area contributed by atoms with Gasteiger partial charge in [-0.15, -0.1) is 11.3 Å². The fourth-order valence-electron chi connectivity index (χ4n) is 9.73. The Morgan fingerprint density at radius 2 is 1.03 bits per heavy atom. The van der Waals surface area contributed by atoms with Crippen molar-refractivity contribution in [2.24, 2.45) is 0 Å². The smallest absolute Gasteiger partial charge is 0.0497 e. The Morgan fingerprint density at radius 1 is 0.429 bits per heavy atom. The van der Waals surface area contributed by atoms with Crippen molar-refractivity contribution in [2.75, 3.05) is 9.80 Å². The zero-order valence-electron chi connectivity index (χ0n) is 34.6. The van der Waals surface area contributed by atoms with Gasteiger partial charge in [-0.05, 0) is 135 Å². The first-order valence-corrected chi connectivity index (χ1v) is 22.6. The lowest BCUT2D eigenvalue weighted by Crippen LogP contribution is -2.14. The van der Waals surface area contributed by atoms with Gasteiger partial charge in [0.15, 0.2) is 0 Å². The van der Waals surface area contributed by atoms with Crippen LogP contribution in [0.15, 0.2) is 242 Å². The van der Waals surface area contributed by atoms with Crippen LogP contribution in [0.5, 0.6) is 0 Å². The Balaban J connectivity index is 0.879. The maximum Gasteiger partial charge on any atom is 0.0497 e. The second-order valence-electron chi connectivity index (χ2n) is 16.5. The van der Waals surface area contributed by atoms with Crippen molar-refractivity contribution in [1.82, 2.24) is 0 Å². The Morgan fingerprint density at radius 3 is 1.84 bits per heavy atom. The fourth-order valence-corrected chi connectivity index (χ4v) is 10.8. The molecule has 1 atom stereocenters. The number of hydrogen-bond donors (Lipinski definition) is 0. The molecule has 0 fully saturated rings. The van der Waals surface area contributed by atoms with Gasteiger partial charge in [0.25, 0.3) is 0 Å². The minimum atomic E-state index is 0.308. The third kappa shape index (κ3) is 6.66. The molecule has 2 aliphatic rings. The second kappa shape index (κ2) is 15.6. The van der Waals surface area contributed by atoms with Crippen LogP contribution in [0.25, 0.3) is 64.7 Å². The summed E-state index contributed by atoms with van der Waals surface area (Å²) >= 11 is 1.87. The first-order valence-electron chi connectivity index (χ1n) is 21.8. The summed E-state index contributed by atoms with van der Waals surface area (Å²) < 4.78 is 2.67. The summed E-state index contributed by atoms with van der Waals surface area (Å²) in [6, 6.07) is 79.9. The highest BCUT2D eigenvalue weighted by molar-refractivity contribution is 7.25. The molecule has 1 unspecified atom stereocenters. The number of para-hydroxylation sites is 1. The largest absolute Gasteiger partial charge is 0.313 e. The van der Waals surface area contributed by atoms with Crippen LogP contribution in [0.4, 0.5) is 28.4 Å². The van der Waals surface area contributed by atoms with Crippen LogP contribution in [0.2, 0.25) is 0 Å².